The van der Waals surface area contributed by atoms with Crippen LogP contribution in [0.15, 0.2) is 48.5 Å². The maximum Gasteiger partial charge on any atom is 0.251 e. The molecule has 0 fully saturated rings. The summed E-state index contributed by atoms with van der Waals surface area (Å²) in [4.78, 5) is 24.1. The standard InChI is InChI=1S/C22H29N3O3/c1-3-5-14-23-22(27)17-6-8-18(9-7-17)24-16-21(26)25-19-10-12-20(13-11-19)28-15-4-2/h6-13,24H,3-5,14-16H2,1-2H3,(H,23,27)(H,25,26). The molecule has 28 heavy (non-hydrogen) atoms. The molecule has 0 heterocycles. The lowest BCUT2D eigenvalue weighted by Gasteiger charge is -2.10. The lowest BCUT2D eigenvalue weighted by atomic mass is 10.2. The molecule has 0 aromatic heterocycles. The lowest BCUT2D eigenvalue weighted by Crippen LogP contribution is -2.24. The second kappa shape index (κ2) is 11.6. The van der Waals surface area contributed by atoms with Crippen LogP contribution >= 0.6 is 0 Å². The highest BCUT2D eigenvalue weighted by molar-refractivity contribution is 5.95. The fraction of sp³-hybridized carbons (Fsp3) is 0.364. The molecule has 3 N–H and O–H groups in total. The molecule has 2 aromatic rings. The summed E-state index contributed by atoms with van der Waals surface area (Å²) in [5.41, 5.74) is 2.11. The summed E-state index contributed by atoms with van der Waals surface area (Å²) in [6.45, 7) is 5.63. The predicted molar refractivity (Wildman–Crippen MR) is 113 cm³/mol. The minimum atomic E-state index is -0.149. The van der Waals surface area contributed by atoms with Gasteiger partial charge >= 0.3 is 0 Å². The minimum Gasteiger partial charge on any atom is -0.494 e. The van der Waals surface area contributed by atoms with Gasteiger partial charge in [0.15, 0.2) is 0 Å². The van der Waals surface area contributed by atoms with E-state index in [1.54, 1.807) is 24.3 Å². The Labute approximate surface area is 166 Å². The molecule has 6 nitrogen and oxygen atoms in total. The zero-order chi connectivity index (χ0) is 20.2. The molecule has 0 saturated carbocycles. The molecule has 0 aliphatic carbocycles. The number of anilines is 2. The van der Waals surface area contributed by atoms with Crippen molar-refractivity contribution in [2.75, 3.05) is 30.3 Å². The van der Waals surface area contributed by atoms with Crippen molar-refractivity contribution in [1.82, 2.24) is 5.32 Å². The zero-order valence-corrected chi connectivity index (χ0v) is 16.6. The number of nitrogens with one attached hydrogen (secondary N) is 3. The third kappa shape index (κ3) is 7.31. The van der Waals surface area contributed by atoms with E-state index in [2.05, 4.69) is 29.8 Å². The average molecular weight is 383 g/mol. The van der Waals surface area contributed by atoms with Gasteiger partial charge in [0.25, 0.3) is 5.91 Å². The number of hydrogen-bond donors (Lipinski definition) is 3. The van der Waals surface area contributed by atoms with Crippen LogP contribution in [0.5, 0.6) is 5.75 Å². The number of carbonyl (C=O) groups is 2. The average Bonchev–Trinajstić information content (AvgIpc) is 2.72. The molecule has 0 spiro atoms. The van der Waals surface area contributed by atoms with Gasteiger partial charge in [-0.1, -0.05) is 20.3 Å². The third-order valence-electron chi connectivity index (χ3n) is 4.03. The molecule has 0 saturated heterocycles. The van der Waals surface area contributed by atoms with E-state index in [1.807, 2.05) is 24.3 Å². The van der Waals surface area contributed by atoms with E-state index in [1.165, 1.54) is 0 Å². The van der Waals surface area contributed by atoms with E-state index in [0.29, 0.717) is 18.7 Å². The monoisotopic (exact) mass is 383 g/mol. The Kier molecular flexibility index (Phi) is 8.85. The molecular formula is C22H29N3O3. The van der Waals surface area contributed by atoms with E-state index in [0.717, 1.165) is 36.4 Å². The van der Waals surface area contributed by atoms with Crippen molar-refractivity contribution in [3.05, 3.63) is 54.1 Å². The van der Waals surface area contributed by atoms with Gasteiger partial charge in [0.1, 0.15) is 5.75 Å². The number of amides is 2. The van der Waals surface area contributed by atoms with Crippen LogP contribution in [-0.4, -0.2) is 31.5 Å². The van der Waals surface area contributed by atoms with Crippen molar-refractivity contribution in [3.8, 4) is 5.75 Å². The minimum absolute atomic E-state index is 0.0795. The highest BCUT2D eigenvalue weighted by Gasteiger charge is 2.06. The molecule has 150 valence electrons. The Morgan fingerprint density at radius 1 is 0.893 bits per heavy atom. The second-order valence-electron chi connectivity index (χ2n) is 6.46. The molecule has 0 unspecified atom stereocenters. The first-order chi connectivity index (χ1) is 13.6. The number of carbonyl (C=O) groups excluding carboxylic acids is 2. The highest BCUT2D eigenvalue weighted by Crippen LogP contribution is 2.16. The number of hydrogen-bond acceptors (Lipinski definition) is 4. The Bertz CT molecular complexity index is 743. The van der Waals surface area contributed by atoms with E-state index in [-0.39, 0.29) is 18.4 Å². The van der Waals surface area contributed by atoms with Crippen molar-refractivity contribution < 1.29 is 14.3 Å². The van der Waals surface area contributed by atoms with Crippen LogP contribution in [0.2, 0.25) is 0 Å². The van der Waals surface area contributed by atoms with Gasteiger partial charge in [0, 0.05) is 23.5 Å². The maximum absolute atomic E-state index is 12.1. The van der Waals surface area contributed by atoms with Crippen LogP contribution in [-0.2, 0) is 4.79 Å². The smallest absolute Gasteiger partial charge is 0.251 e. The van der Waals surface area contributed by atoms with Crippen LogP contribution in [0.1, 0.15) is 43.5 Å². The van der Waals surface area contributed by atoms with Gasteiger partial charge < -0.3 is 20.7 Å². The fourth-order valence-electron chi connectivity index (χ4n) is 2.46. The topological polar surface area (TPSA) is 79.5 Å². The second-order valence-corrected chi connectivity index (χ2v) is 6.46. The van der Waals surface area contributed by atoms with E-state index >= 15 is 0 Å². The van der Waals surface area contributed by atoms with Crippen LogP contribution in [0.3, 0.4) is 0 Å². The van der Waals surface area contributed by atoms with Gasteiger partial charge in [-0.3, -0.25) is 9.59 Å². The summed E-state index contributed by atoms with van der Waals surface area (Å²) < 4.78 is 5.52. The van der Waals surface area contributed by atoms with Gasteiger partial charge in [0.05, 0.1) is 13.2 Å². The molecule has 2 amide bonds. The Morgan fingerprint density at radius 2 is 1.57 bits per heavy atom. The molecule has 0 aliphatic heterocycles. The number of benzene rings is 2. The zero-order valence-electron chi connectivity index (χ0n) is 16.6. The predicted octanol–water partition coefficient (Wildman–Crippen LogP) is 4.06. The van der Waals surface area contributed by atoms with Crippen molar-refractivity contribution >= 4 is 23.2 Å². The van der Waals surface area contributed by atoms with Crippen LogP contribution < -0.4 is 20.7 Å². The quantitative estimate of drug-likeness (QED) is 0.511. The first kappa shape index (κ1) is 21.3. The van der Waals surface area contributed by atoms with Crippen molar-refractivity contribution in [1.29, 1.82) is 0 Å². The molecule has 0 aliphatic rings. The van der Waals surface area contributed by atoms with Crippen molar-refractivity contribution in [2.24, 2.45) is 0 Å². The number of ether oxygens (including phenoxy) is 1. The van der Waals surface area contributed by atoms with Gasteiger partial charge in [-0.25, -0.2) is 0 Å². The normalized spacial score (nSPS) is 10.2. The summed E-state index contributed by atoms with van der Waals surface area (Å²) in [5.74, 6) is 0.560. The van der Waals surface area contributed by atoms with E-state index in [9.17, 15) is 9.59 Å². The molecule has 0 radical (unpaired) electrons. The summed E-state index contributed by atoms with van der Waals surface area (Å²) >= 11 is 0. The van der Waals surface area contributed by atoms with Crippen molar-refractivity contribution in [2.45, 2.75) is 33.1 Å². The lowest BCUT2D eigenvalue weighted by molar-refractivity contribution is -0.114. The first-order valence-electron chi connectivity index (χ1n) is 9.77. The largest absolute Gasteiger partial charge is 0.494 e. The summed E-state index contributed by atoms with van der Waals surface area (Å²) in [6.07, 6.45) is 2.96. The molecular weight excluding hydrogens is 354 g/mol. The van der Waals surface area contributed by atoms with Gasteiger partial charge in [-0.15, -0.1) is 0 Å². The third-order valence-corrected chi connectivity index (χ3v) is 4.03. The highest BCUT2D eigenvalue weighted by atomic mass is 16.5. The van der Waals surface area contributed by atoms with Gasteiger partial charge in [0.2, 0.25) is 5.91 Å². The van der Waals surface area contributed by atoms with Gasteiger partial charge in [-0.05, 0) is 61.4 Å². The van der Waals surface area contributed by atoms with E-state index in [4.69, 9.17) is 4.74 Å². The van der Waals surface area contributed by atoms with Crippen LogP contribution in [0, 0.1) is 0 Å². The van der Waals surface area contributed by atoms with Crippen molar-refractivity contribution in [3.63, 3.8) is 0 Å². The molecule has 2 rings (SSSR count). The SMILES string of the molecule is CCCCNC(=O)c1ccc(NCC(=O)Nc2ccc(OCCC)cc2)cc1. The summed E-state index contributed by atoms with van der Waals surface area (Å²) in [5, 5.41) is 8.77. The maximum atomic E-state index is 12.1. The Morgan fingerprint density at radius 3 is 2.21 bits per heavy atom. The first-order valence-corrected chi connectivity index (χ1v) is 9.77. The molecule has 0 bridgehead atoms. The Balaban J connectivity index is 1.77. The molecule has 6 heteroatoms. The van der Waals surface area contributed by atoms with Crippen LogP contribution in [0.4, 0.5) is 11.4 Å². The summed E-state index contributed by atoms with van der Waals surface area (Å²) in [7, 11) is 0. The molecule has 0 atom stereocenters. The number of unbranched alkanes of at least 4 members (excludes halogenated alkanes) is 1. The van der Waals surface area contributed by atoms with Crippen LogP contribution in [0.25, 0.3) is 0 Å². The fourth-order valence-corrected chi connectivity index (χ4v) is 2.46. The van der Waals surface area contributed by atoms with E-state index < -0.39 is 0 Å². The Hall–Kier alpha value is -3.02. The summed E-state index contributed by atoms with van der Waals surface area (Å²) in [6, 6.07) is 14.4. The number of rotatable bonds is 11. The molecule has 2 aromatic carbocycles. The van der Waals surface area contributed by atoms with Gasteiger partial charge in [-0.2, -0.15) is 0 Å².